The Bertz CT molecular complexity index is 390. The van der Waals surface area contributed by atoms with Gasteiger partial charge in [-0.05, 0) is 0 Å². The lowest BCUT2D eigenvalue weighted by Crippen LogP contribution is -2.71. The van der Waals surface area contributed by atoms with Gasteiger partial charge in [0.25, 0.3) is 0 Å². The summed E-state index contributed by atoms with van der Waals surface area (Å²) < 4.78 is 157. The maximum absolute atomic E-state index is 12.9. The molecule has 0 saturated carbocycles. The second-order valence-corrected chi connectivity index (χ2v) is 3.24. The van der Waals surface area contributed by atoms with Crippen LogP contribution >= 0.6 is 0 Å². The highest BCUT2D eigenvalue weighted by atomic mass is 19.4. The third-order valence-electron chi connectivity index (χ3n) is 1.86. The quantitative estimate of drug-likeness (QED) is 0.440. The first-order valence-electron chi connectivity index (χ1n) is 4.08. The molecular weight excluding hydrogens is 349 g/mol. The third kappa shape index (κ3) is 3.16. The minimum atomic E-state index is -7.69. The van der Waals surface area contributed by atoms with Crippen molar-refractivity contribution in [3.63, 3.8) is 0 Å². The summed E-state index contributed by atoms with van der Waals surface area (Å²) >= 11 is 0. The molecule has 0 aromatic rings. The van der Waals surface area contributed by atoms with Crippen molar-refractivity contribution in [2.24, 2.45) is 0 Å². The molecule has 0 aliphatic heterocycles. The van der Waals surface area contributed by atoms with Crippen LogP contribution in [0.25, 0.3) is 0 Å². The van der Waals surface area contributed by atoms with E-state index < -0.39 is 41.4 Å². The smallest absolute Gasteiger partial charge is 0.257 e. The Hall–Kier alpha value is -1.28. The zero-order chi connectivity index (χ0) is 17.7. The lowest BCUT2D eigenvalue weighted by molar-refractivity contribution is -0.469. The fraction of sp³-hybridized carbons (Fsp3) is 0.833. The molecule has 0 aromatic carbocycles. The number of carbonyl (C=O) groups excluding carboxylic acids is 1. The van der Waals surface area contributed by atoms with Crippen LogP contribution in [0.15, 0.2) is 0 Å². The number of alkyl halides is 12. The highest BCUT2D eigenvalue weighted by molar-refractivity contribution is 5.80. The normalized spacial score (nSPS) is 17.8. The van der Waals surface area contributed by atoms with Crippen LogP contribution in [0.1, 0.15) is 0 Å². The molecule has 0 aliphatic carbocycles. The largest absolute Gasteiger partial charge is 0.472 e. The minimum absolute atomic E-state index is 4.15. The molecule has 1 unspecified atom stereocenters. The molecule has 0 aliphatic rings. The van der Waals surface area contributed by atoms with Gasteiger partial charge < -0.3 is 0 Å². The Kier molecular flexibility index (Phi) is 4.58. The zero-order valence-electron chi connectivity index (χ0n) is 8.77. The summed E-state index contributed by atoms with van der Waals surface area (Å²) in [6, 6.07) is -12.5. The van der Waals surface area contributed by atoms with Crippen molar-refractivity contribution >= 4 is 6.04 Å². The summed E-state index contributed by atoms with van der Waals surface area (Å²) in [6.45, 7) is 0. The first-order chi connectivity index (χ1) is 8.81. The predicted octanol–water partition coefficient (Wildman–Crippen LogP) is 3.69. The predicted molar refractivity (Wildman–Crippen MR) is 34.9 cm³/mol. The van der Waals surface area contributed by atoms with Crippen LogP contribution in [-0.2, 0) is 4.79 Å². The van der Waals surface area contributed by atoms with E-state index in [4.69, 9.17) is 0 Å². The average Bonchev–Trinajstić information content (AvgIpc) is 2.07. The first kappa shape index (κ1) is 19.7. The van der Waals surface area contributed by atoms with Gasteiger partial charge in [0.15, 0.2) is 0 Å². The lowest BCUT2D eigenvalue weighted by Gasteiger charge is -2.39. The van der Waals surface area contributed by atoms with Crippen LogP contribution in [0.4, 0.5) is 57.1 Å². The molecule has 0 amide bonds. The Balaban J connectivity index is 6.42. The molecule has 0 rings (SSSR count). The van der Waals surface area contributed by atoms with Crippen molar-refractivity contribution in [3.05, 3.63) is 0 Å². The van der Waals surface area contributed by atoms with Gasteiger partial charge in [-0.15, -0.1) is 0 Å². The van der Waals surface area contributed by atoms with Gasteiger partial charge in [-0.25, -0.2) is 4.39 Å². The lowest BCUT2D eigenvalue weighted by atomic mass is 10.0. The van der Waals surface area contributed by atoms with Gasteiger partial charge in [0.2, 0.25) is 0 Å². The molecule has 15 heteroatoms. The SMILES string of the molecule is O=C(F)C(F)(C(F)(F)F)C(F)(F)N(C(F)(F)F)C(F)(F)F. The molecule has 0 spiro atoms. The molecule has 2 nitrogen and oxygen atoms in total. The molecule has 21 heavy (non-hydrogen) atoms. The number of hydrogen-bond donors (Lipinski definition) is 0. The molecule has 126 valence electrons. The van der Waals surface area contributed by atoms with Crippen molar-refractivity contribution in [2.45, 2.75) is 30.5 Å². The summed E-state index contributed by atoms with van der Waals surface area (Å²) in [6.07, 6.45) is -22.0. The molecule has 0 saturated heterocycles. The van der Waals surface area contributed by atoms with Gasteiger partial charge in [0.05, 0.1) is 0 Å². The van der Waals surface area contributed by atoms with Gasteiger partial charge in [-0.3, -0.25) is 4.79 Å². The summed E-state index contributed by atoms with van der Waals surface area (Å²) in [5.41, 5.74) is -7.38. The van der Waals surface area contributed by atoms with E-state index in [0.29, 0.717) is 0 Å². The third-order valence-corrected chi connectivity index (χ3v) is 1.86. The van der Waals surface area contributed by atoms with E-state index in [1.807, 2.05) is 0 Å². The van der Waals surface area contributed by atoms with Crippen LogP contribution in [0.3, 0.4) is 0 Å². The van der Waals surface area contributed by atoms with Crippen LogP contribution in [0.2, 0.25) is 0 Å². The van der Waals surface area contributed by atoms with Crippen LogP contribution in [-0.4, -0.2) is 41.4 Å². The molecule has 0 fully saturated rings. The standard InChI is InChI=1S/C6F13NO/c7-1(21)2(8,3(9,10)11)4(12,13)20(5(14,15)16)6(17,18)19. The van der Waals surface area contributed by atoms with E-state index in [-0.39, 0.29) is 0 Å². The van der Waals surface area contributed by atoms with Gasteiger partial charge in [-0.2, -0.15) is 52.7 Å². The van der Waals surface area contributed by atoms with Crippen molar-refractivity contribution in [2.75, 3.05) is 0 Å². The maximum atomic E-state index is 12.9. The minimum Gasteiger partial charge on any atom is -0.257 e. The van der Waals surface area contributed by atoms with Gasteiger partial charge in [0, 0.05) is 0 Å². The molecular formula is C6F13NO. The molecule has 0 heterocycles. The topological polar surface area (TPSA) is 20.3 Å². The second kappa shape index (κ2) is 4.88. The van der Waals surface area contributed by atoms with Crippen LogP contribution in [0.5, 0.6) is 0 Å². The Labute approximate surface area is 105 Å². The number of rotatable bonds is 3. The van der Waals surface area contributed by atoms with Gasteiger partial charge in [0.1, 0.15) is 0 Å². The summed E-state index contributed by atoms with van der Waals surface area (Å²) in [5, 5.41) is 0. The van der Waals surface area contributed by atoms with E-state index in [2.05, 4.69) is 0 Å². The fourth-order valence-electron chi connectivity index (χ4n) is 1.02. The maximum Gasteiger partial charge on any atom is 0.472 e. The summed E-state index contributed by atoms with van der Waals surface area (Å²) in [4.78, 5) is 5.56. The van der Waals surface area contributed by atoms with E-state index in [0.717, 1.165) is 0 Å². The van der Waals surface area contributed by atoms with Crippen molar-refractivity contribution in [3.8, 4) is 0 Å². The molecule has 1 atom stereocenters. The highest BCUT2D eigenvalue weighted by Crippen LogP contribution is 2.53. The highest BCUT2D eigenvalue weighted by Gasteiger charge is 2.84. The van der Waals surface area contributed by atoms with E-state index in [9.17, 15) is 61.9 Å². The monoisotopic (exact) mass is 349 g/mol. The van der Waals surface area contributed by atoms with Gasteiger partial charge >= 0.3 is 36.5 Å². The number of hydrogen-bond acceptors (Lipinski definition) is 2. The van der Waals surface area contributed by atoms with E-state index in [1.54, 1.807) is 0 Å². The first-order valence-corrected chi connectivity index (χ1v) is 4.08. The Morgan fingerprint density at radius 1 is 0.667 bits per heavy atom. The number of carbonyl (C=O) groups is 1. The second-order valence-electron chi connectivity index (χ2n) is 3.24. The summed E-state index contributed by atoms with van der Waals surface area (Å²) in [5.74, 6) is 0. The van der Waals surface area contributed by atoms with E-state index in [1.165, 1.54) is 0 Å². The average molecular weight is 349 g/mol. The van der Waals surface area contributed by atoms with Crippen molar-refractivity contribution < 1.29 is 61.9 Å². The molecule has 0 N–H and O–H groups in total. The molecule has 0 bridgehead atoms. The Morgan fingerprint density at radius 2 is 0.952 bits per heavy atom. The summed E-state index contributed by atoms with van der Waals surface area (Å²) in [7, 11) is 0. The molecule has 0 aromatic heterocycles. The Morgan fingerprint density at radius 3 is 1.10 bits per heavy atom. The van der Waals surface area contributed by atoms with Crippen molar-refractivity contribution in [1.29, 1.82) is 0 Å². The van der Waals surface area contributed by atoms with Crippen LogP contribution in [0, 0.1) is 0 Å². The number of halogens is 13. The van der Waals surface area contributed by atoms with Crippen LogP contribution < -0.4 is 0 Å². The molecule has 0 radical (unpaired) electrons. The van der Waals surface area contributed by atoms with Crippen molar-refractivity contribution in [1.82, 2.24) is 4.90 Å². The zero-order valence-corrected chi connectivity index (χ0v) is 8.77. The van der Waals surface area contributed by atoms with E-state index >= 15 is 0 Å². The van der Waals surface area contributed by atoms with Gasteiger partial charge in [-0.1, -0.05) is 4.90 Å². The number of nitrogens with zero attached hydrogens (tertiary/aromatic N) is 1. The fourth-order valence-corrected chi connectivity index (χ4v) is 1.02.